The van der Waals surface area contributed by atoms with Gasteiger partial charge in [0.2, 0.25) is 6.36 Å². The van der Waals surface area contributed by atoms with Crippen LogP contribution in [-0.2, 0) is 9.53 Å². The molecule has 0 aliphatic carbocycles. The number of unbranched alkanes of at least 4 members (excludes halogenated alkanes) is 7. The summed E-state index contributed by atoms with van der Waals surface area (Å²) in [4.78, 5) is 10.5. The highest BCUT2D eigenvalue weighted by atomic mass is 19.1. The molecule has 1 unspecified atom stereocenters. The molecule has 0 saturated carbocycles. The van der Waals surface area contributed by atoms with Gasteiger partial charge in [-0.25, -0.2) is 4.39 Å². The van der Waals surface area contributed by atoms with Crippen molar-refractivity contribution < 1.29 is 13.9 Å². The number of alkyl halides is 1. The van der Waals surface area contributed by atoms with Gasteiger partial charge in [-0.3, -0.25) is 4.79 Å². The maximum absolute atomic E-state index is 13.0. The van der Waals surface area contributed by atoms with Crippen LogP contribution in [0.4, 0.5) is 4.39 Å². The van der Waals surface area contributed by atoms with Gasteiger partial charge in [0.25, 0.3) is 0 Å². The van der Waals surface area contributed by atoms with E-state index in [0.29, 0.717) is 6.42 Å². The van der Waals surface area contributed by atoms with Crippen molar-refractivity contribution in [3.05, 3.63) is 12.2 Å². The van der Waals surface area contributed by atoms with Crippen LogP contribution in [-0.4, -0.2) is 12.3 Å². The summed E-state index contributed by atoms with van der Waals surface area (Å²) in [6.07, 6.45) is 13.7. The SMILES string of the molecule is CCC=CCCCCCCCCCC(F)OC(C)=O. The fourth-order valence-electron chi connectivity index (χ4n) is 1.97. The van der Waals surface area contributed by atoms with E-state index in [9.17, 15) is 9.18 Å². The standard InChI is InChI=1S/C16H29FO2/c1-3-4-5-6-7-8-9-10-11-12-13-14-16(17)19-15(2)18/h4-5,16H,3,6-14H2,1-2H3. The summed E-state index contributed by atoms with van der Waals surface area (Å²) in [7, 11) is 0. The zero-order valence-electron chi connectivity index (χ0n) is 12.5. The minimum atomic E-state index is -1.41. The quantitative estimate of drug-likeness (QED) is 0.273. The second-order valence-corrected chi connectivity index (χ2v) is 4.95. The Morgan fingerprint density at radius 3 is 2.21 bits per heavy atom. The lowest BCUT2D eigenvalue weighted by Gasteiger charge is -2.07. The third-order valence-electron chi connectivity index (χ3n) is 3.00. The molecule has 0 radical (unpaired) electrons. The molecular formula is C16H29FO2. The van der Waals surface area contributed by atoms with Crippen molar-refractivity contribution in [2.45, 2.75) is 84.4 Å². The Morgan fingerprint density at radius 2 is 1.63 bits per heavy atom. The molecule has 0 heterocycles. The second kappa shape index (κ2) is 13.6. The van der Waals surface area contributed by atoms with Gasteiger partial charge < -0.3 is 4.74 Å². The highest BCUT2D eigenvalue weighted by Gasteiger charge is 2.08. The summed E-state index contributed by atoms with van der Waals surface area (Å²) >= 11 is 0. The molecule has 2 nitrogen and oxygen atoms in total. The fourth-order valence-corrected chi connectivity index (χ4v) is 1.97. The van der Waals surface area contributed by atoms with Crippen molar-refractivity contribution in [3.8, 4) is 0 Å². The molecule has 19 heavy (non-hydrogen) atoms. The molecule has 0 N–H and O–H groups in total. The molecule has 0 aliphatic heterocycles. The number of ether oxygens (including phenoxy) is 1. The zero-order chi connectivity index (χ0) is 14.3. The van der Waals surface area contributed by atoms with Crippen LogP contribution in [0.1, 0.15) is 78.1 Å². The lowest BCUT2D eigenvalue weighted by Crippen LogP contribution is -2.10. The van der Waals surface area contributed by atoms with E-state index in [0.717, 1.165) is 25.7 Å². The van der Waals surface area contributed by atoms with Crippen molar-refractivity contribution in [3.63, 3.8) is 0 Å². The second-order valence-electron chi connectivity index (χ2n) is 4.95. The Balaban J connectivity index is 3.14. The van der Waals surface area contributed by atoms with Crippen LogP contribution >= 0.6 is 0 Å². The largest absolute Gasteiger partial charge is 0.431 e. The minimum Gasteiger partial charge on any atom is -0.431 e. The molecule has 0 bridgehead atoms. The van der Waals surface area contributed by atoms with Gasteiger partial charge in [-0.2, -0.15) is 0 Å². The Morgan fingerprint density at radius 1 is 1.05 bits per heavy atom. The van der Waals surface area contributed by atoms with Gasteiger partial charge in [-0.05, 0) is 25.7 Å². The molecular weight excluding hydrogens is 243 g/mol. The van der Waals surface area contributed by atoms with Crippen LogP contribution < -0.4 is 0 Å². The van der Waals surface area contributed by atoms with E-state index in [1.165, 1.54) is 39.0 Å². The number of rotatable bonds is 12. The molecule has 0 saturated heterocycles. The number of hydrogen-bond donors (Lipinski definition) is 0. The van der Waals surface area contributed by atoms with Gasteiger partial charge in [-0.15, -0.1) is 0 Å². The molecule has 112 valence electrons. The van der Waals surface area contributed by atoms with Crippen molar-refractivity contribution in [2.75, 3.05) is 0 Å². The Labute approximate surface area is 117 Å². The molecule has 0 amide bonds. The predicted octanol–water partition coefficient (Wildman–Crippen LogP) is 5.32. The number of hydrogen-bond acceptors (Lipinski definition) is 2. The number of carbonyl (C=O) groups is 1. The van der Waals surface area contributed by atoms with E-state index < -0.39 is 12.3 Å². The van der Waals surface area contributed by atoms with Crippen LogP contribution in [0.3, 0.4) is 0 Å². The van der Waals surface area contributed by atoms with Gasteiger partial charge in [0.05, 0.1) is 0 Å². The summed E-state index contributed by atoms with van der Waals surface area (Å²) in [6, 6.07) is 0. The molecule has 0 fully saturated rings. The van der Waals surface area contributed by atoms with E-state index in [1.807, 2.05) is 0 Å². The lowest BCUT2D eigenvalue weighted by molar-refractivity contribution is -0.155. The Hall–Kier alpha value is -0.860. The van der Waals surface area contributed by atoms with E-state index >= 15 is 0 Å². The average Bonchev–Trinajstić information content (AvgIpc) is 2.35. The number of carbonyl (C=O) groups excluding carboxylic acids is 1. The fraction of sp³-hybridized carbons (Fsp3) is 0.812. The van der Waals surface area contributed by atoms with Gasteiger partial charge in [0.1, 0.15) is 0 Å². The molecule has 0 aromatic heterocycles. The number of esters is 1. The summed E-state index contributed by atoms with van der Waals surface area (Å²) in [6.45, 7) is 3.39. The Kier molecular flexibility index (Phi) is 13.0. The van der Waals surface area contributed by atoms with E-state index in [4.69, 9.17) is 0 Å². The summed E-state index contributed by atoms with van der Waals surface area (Å²) < 4.78 is 17.4. The van der Waals surface area contributed by atoms with Gasteiger partial charge in [-0.1, -0.05) is 51.2 Å². The number of allylic oxidation sites excluding steroid dienone is 2. The van der Waals surface area contributed by atoms with Crippen molar-refractivity contribution >= 4 is 5.97 Å². The first-order chi connectivity index (χ1) is 9.16. The normalized spacial score (nSPS) is 12.8. The average molecular weight is 272 g/mol. The summed E-state index contributed by atoms with van der Waals surface area (Å²) in [5, 5.41) is 0. The number of halogens is 1. The van der Waals surface area contributed by atoms with Crippen LogP contribution in [0.15, 0.2) is 12.2 Å². The first kappa shape index (κ1) is 18.1. The van der Waals surface area contributed by atoms with Crippen molar-refractivity contribution in [2.24, 2.45) is 0 Å². The molecule has 0 spiro atoms. The maximum atomic E-state index is 13.0. The maximum Gasteiger partial charge on any atom is 0.305 e. The van der Waals surface area contributed by atoms with Crippen LogP contribution in [0.5, 0.6) is 0 Å². The first-order valence-corrected chi connectivity index (χ1v) is 7.63. The van der Waals surface area contributed by atoms with E-state index in [1.54, 1.807) is 0 Å². The highest BCUT2D eigenvalue weighted by Crippen LogP contribution is 2.12. The highest BCUT2D eigenvalue weighted by molar-refractivity contribution is 5.65. The lowest BCUT2D eigenvalue weighted by atomic mass is 10.1. The zero-order valence-corrected chi connectivity index (χ0v) is 12.5. The smallest absolute Gasteiger partial charge is 0.305 e. The van der Waals surface area contributed by atoms with Crippen molar-refractivity contribution in [1.82, 2.24) is 0 Å². The minimum absolute atomic E-state index is 0.335. The van der Waals surface area contributed by atoms with Crippen LogP contribution in [0, 0.1) is 0 Å². The van der Waals surface area contributed by atoms with Gasteiger partial charge in [0, 0.05) is 13.3 Å². The van der Waals surface area contributed by atoms with E-state index in [-0.39, 0.29) is 0 Å². The summed E-state index contributed by atoms with van der Waals surface area (Å²) in [5.41, 5.74) is 0. The topological polar surface area (TPSA) is 26.3 Å². The third kappa shape index (κ3) is 15.1. The first-order valence-electron chi connectivity index (χ1n) is 7.63. The molecule has 0 aromatic rings. The predicted molar refractivity (Wildman–Crippen MR) is 77.6 cm³/mol. The molecule has 0 aliphatic rings. The van der Waals surface area contributed by atoms with Gasteiger partial charge in [0.15, 0.2) is 0 Å². The Bertz CT molecular complexity index is 239. The van der Waals surface area contributed by atoms with Crippen molar-refractivity contribution in [1.29, 1.82) is 0 Å². The monoisotopic (exact) mass is 272 g/mol. The third-order valence-corrected chi connectivity index (χ3v) is 3.00. The molecule has 3 heteroatoms. The van der Waals surface area contributed by atoms with Gasteiger partial charge >= 0.3 is 5.97 Å². The molecule has 1 atom stereocenters. The van der Waals surface area contributed by atoms with Crippen LogP contribution in [0.25, 0.3) is 0 Å². The summed E-state index contributed by atoms with van der Waals surface area (Å²) in [5.74, 6) is -0.537. The van der Waals surface area contributed by atoms with E-state index in [2.05, 4.69) is 23.8 Å². The molecule has 0 aromatic carbocycles. The molecule has 0 rings (SSSR count). The van der Waals surface area contributed by atoms with Crippen LogP contribution in [0.2, 0.25) is 0 Å².